The number of hydrogen-bond acceptors (Lipinski definition) is 8. The summed E-state index contributed by atoms with van der Waals surface area (Å²) in [6.07, 6.45) is 0.670. The minimum absolute atomic E-state index is 0.0300. The van der Waals surface area contributed by atoms with Crippen LogP contribution in [0.25, 0.3) is 5.57 Å². The van der Waals surface area contributed by atoms with Crippen molar-refractivity contribution in [2.75, 3.05) is 13.2 Å². The van der Waals surface area contributed by atoms with Crippen molar-refractivity contribution in [3.05, 3.63) is 52.7 Å². The molecule has 1 aliphatic rings. The molecule has 0 saturated heterocycles. The van der Waals surface area contributed by atoms with Crippen LogP contribution in [0.15, 0.2) is 41.6 Å². The molecule has 0 amide bonds. The maximum Gasteiger partial charge on any atom is 0.320 e. The van der Waals surface area contributed by atoms with Gasteiger partial charge in [0.15, 0.2) is 0 Å². The zero-order valence-corrected chi connectivity index (χ0v) is 17.6. The minimum Gasteiger partial charge on any atom is -0.466 e. The molecule has 2 rings (SSSR count). The highest BCUT2D eigenvalue weighted by Gasteiger charge is 2.66. The lowest BCUT2D eigenvalue weighted by molar-refractivity contribution is -0.161. The predicted molar refractivity (Wildman–Crippen MR) is 110 cm³/mol. The Morgan fingerprint density at radius 2 is 1.61 bits per heavy atom. The highest BCUT2D eigenvalue weighted by atomic mass is 16.5. The topological polar surface area (TPSA) is 150 Å². The second-order valence-corrected chi connectivity index (χ2v) is 6.94. The number of ether oxygens (including phenoxy) is 2. The molecule has 0 aromatic heterocycles. The van der Waals surface area contributed by atoms with Crippen LogP contribution >= 0.6 is 0 Å². The second kappa shape index (κ2) is 9.15. The van der Waals surface area contributed by atoms with Crippen LogP contribution in [-0.4, -0.2) is 25.2 Å². The van der Waals surface area contributed by atoms with Crippen LogP contribution in [0.3, 0.4) is 0 Å². The Labute approximate surface area is 180 Å². The number of benzene rings is 1. The van der Waals surface area contributed by atoms with Crippen molar-refractivity contribution >= 4 is 17.5 Å². The zero-order chi connectivity index (χ0) is 23.2. The number of nitrogens with two attached hydrogens (primary N) is 1. The van der Waals surface area contributed by atoms with Crippen molar-refractivity contribution in [1.82, 2.24) is 0 Å². The minimum atomic E-state index is -2.37. The lowest BCUT2D eigenvalue weighted by atomic mass is 9.53. The van der Waals surface area contributed by atoms with Gasteiger partial charge in [0.1, 0.15) is 11.5 Å². The van der Waals surface area contributed by atoms with Gasteiger partial charge < -0.3 is 15.2 Å². The van der Waals surface area contributed by atoms with Crippen LogP contribution in [0.5, 0.6) is 0 Å². The first kappa shape index (κ1) is 23.2. The Morgan fingerprint density at radius 1 is 1.03 bits per heavy atom. The summed E-state index contributed by atoms with van der Waals surface area (Å²) in [6.45, 7) is 4.99. The molecule has 1 aromatic carbocycles. The normalized spacial score (nSPS) is 19.3. The summed E-state index contributed by atoms with van der Waals surface area (Å²) < 4.78 is 10.3. The number of nitriles is 3. The van der Waals surface area contributed by atoms with Crippen molar-refractivity contribution in [1.29, 1.82) is 15.8 Å². The maximum atomic E-state index is 13.5. The van der Waals surface area contributed by atoms with Gasteiger partial charge in [-0.3, -0.25) is 9.59 Å². The van der Waals surface area contributed by atoms with Gasteiger partial charge in [-0.1, -0.05) is 29.8 Å². The first-order chi connectivity index (χ1) is 14.8. The van der Waals surface area contributed by atoms with Gasteiger partial charge in [0.25, 0.3) is 0 Å². The fraction of sp³-hybridized carbons (Fsp3) is 0.348. The summed E-state index contributed by atoms with van der Waals surface area (Å²) in [6, 6.07) is 12.4. The van der Waals surface area contributed by atoms with Crippen molar-refractivity contribution in [2.24, 2.45) is 16.6 Å². The fourth-order valence-electron chi connectivity index (χ4n) is 3.72. The number of carbonyl (C=O) groups is 2. The van der Waals surface area contributed by atoms with Crippen molar-refractivity contribution < 1.29 is 19.1 Å². The molecular weight excluding hydrogens is 396 g/mol. The van der Waals surface area contributed by atoms with Crippen molar-refractivity contribution in [3.63, 3.8) is 0 Å². The van der Waals surface area contributed by atoms with E-state index in [0.29, 0.717) is 5.56 Å². The Bertz CT molecular complexity index is 1070. The van der Waals surface area contributed by atoms with Gasteiger partial charge in [-0.25, -0.2) is 0 Å². The number of esters is 2. The average molecular weight is 418 g/mol. The van der Waals surface area contributed by atoms with E-state index in [2.05, 4.69) is 0 Å². The number of allylic oxidation sites excluding steroid dienone is 3. The Kier molecular flexibility index (Phi) is 6.85. The van der Waals surface area contributed by atoms with E-state index >= 15 is 0 Å². The number of carbonyl (C=O) groups excluding carboxylic acids is 2. The monoisotopic (exact) mass is 418 g/mol. The van der Waals surface area contributed by atoms with E-state index in [4.69, 9.17) is 15.2 Å². The molecule has 0 fully saturated rings. The molecule has 31 heavy (non-hydrogen) atoms. The van der Waals surface area contributed by atoms with E-state index in [0.717, 1.165) is 5.56 Å². The summed E-state index contributed by atoms with van der Waals surface area (Å²) in [4.78, 5) is 26.1. The standard InChI is InChI=1S/C23H22N4O4/c1-4-30-19(28)11-23(21(29)31-5-2)18(16-8-6-15(3)7-9-16)10-17(12-24)20(27)22(23,13-25)14-26/h6-10H,4-5,11,27H2,1-3H3. The molecule has 0 bridgehead atoms. The molecule has 8 heteroatoms. The van der Waals surface area contributed by atoms with Crippen molar-refractivity contribution in [3.8, 4) is 18.2 Å². The summed E-state index contributed by atoms with van der Waals surface area (Å²) >= 11 is 0. The third-order valence-corrected chi connectivity index (χ3v) is 5.24. The molecule has 2 N–H and O–H groups in total. The molecule has 158 valence electrons. The molecule has 1 aromatic rings. The highest BCUT2D eigenvalue weighted by molar-refractivity contribution is 6.01. The predicted octanol–water partition coefficient (Wildman–Crippen LogP) is 2.66. The lowest BCUT2D eigenvalue weighted by Crippen LogP contribution is -2.54. The second-order valence-electron chi connectivity index (χ2n) is 6.94. The molecule has 0 spiro atoms. The zero-order valence-electron chi connectivity index (χ0n) is 17.6. The van der Waals surface area contributed by atoms with Gasteiger partial charge in [-0.15, -0.1) is 0 Å². The quantitative estimate of drug-likeness (QED) is 0.693. The van der Waals surface area contributed by atoms with E-state index in [1.807, 2.05) is 25.1 Å². The maximum absolute atomic E-state index is 13.5. The van der Waals surface area contributed by atoms with Gasteiger partial charge in [0.2, 0.25) is 5.41 Å². The molecule has 1 unspecified atom stereocenters. The molecule has 0 radical (unpaired) electrons. The summed E-state index contributed by atoms with van der Waals surface area (Å²) in [5.74, 6) is -1.78. The summed E-state index contributed by atoms with van der Waals surface area (Å²) in [7, 11) is 0. The van der Waals surface area contributed by atoms with Crippen LogP contribution in [0.4, 0.5) is 0 Å². The lowest BCUT2D eigenvalue weighted by Gasteiger charge is -2.44. The van der Waals surface area contributed by atoms with Gasteiger partial charge in [0, 0.05) is 0 Å². The third-order valence-electron chi connectivity index (χ3n) is 5.24. The van der Waals surface area contributed by atoms with Gasteiger partial charge >= 0.3 is 11.9 Å². The van der Waals surface area contributed by atoms with Crippen LogP contribution in [0, 0.1) is 51.7 Å². The van der Waals surface area contributed by atoms with Crippen LogP contribution in [0.1, 0.15) is 31.4 Å². The van der Waals surface area contributed by atoms with E-state index in [-0.39, 0.29) is 24.4 Å². The first-order valence-electron chi connectivity index (χ1n) is 9.62. The van der Waals surface area contributed by atoms with Crippen LogP contribution in [0.2, 0.25) is 0 Å². The van der Waals surface area contributed by atoms with Crippen LogP contribution < -0.4 is 5.73 Å². The number of hydrogen-bond donors (Lipinski definition) is 1. The molecule has 0 heterocycles. The number of nitrogens with zero attached hydrogens (tertiary/aromatic N) is 3. The highest BCUT2D eigenvalue weighted by Crippen LogP contribution is 2.58. The molecule has 1 atom stereocenters. The largest absolute Gasteiger partial charge is 0.466 e. The SMILES string of the molecule is CCOC(=O)CC1(C(=O)OCC)C(c2ccc(C)cc2)=CC(C#N)=C(N)C1(C#N)C#N. The first-order valence-corrected chi connectivity index (χ1v) is 9.62. The van der Waals surface area contributed by atoms with Gasteiger partial charge in [0.05, 0.1) is 43.0 Å². The number of rotatable bonds is 6. The summed E-state index contributed by atoms with van der Waals surface area (Å²) in [5, 5.41) is 29.9. The average Bonchev–Trinajstić information content (AvgIpc) is 2.75. The molecule has 0 aliphatic heterocycles. The Hall–Kier alpha value is -4.09. The fourth-order valence-corrected chi connectivity index (χ4v) is 3.72. The van der Waals surface area contributed by atoms with E-state index in [9.17, 15) is 25.4 Å². The Balaban J connectivity index is 3.02. The molecule has 8 nitrogen and oxygen atoms in total. The van der Waals surface area contributed by atoms with E-state index in [1.54, 1.807) is 38.1 Å². The Morgan fingerprint density at radius 3 is 2.10 bits per heavy atom. The van der Waals surface area contributed by atoms with E-state index < -0.39 is 34.9 Å². The smallest absolute Gasteiger partial charge is 0.320 e. The number of aryl methyl sites for hydroxylation is 1. The molecular formula is C23H22N4O4. The van der Waals surface area contributed by atoms with Crippen molar-refractivity contribution in [2.45, 2.75) is 27.2 Å². The van der Waals surface area contributed by atoms with Crippen LogP contribution in [-0.2, 0) is 19.1 Å². The molecule has 0 saturated carbocycles. The third kappa shape index (κ3) is 3.63. The summed E-state index contributed by atoms with van der Waals surface area (Å²) in [5.41, 5.74) is 2.55. The van der Waals surface area contributed by atoms with E-state index in [1.165, 1.54) is 6.08 Å². The molecule has 1 aliphatic carbocycles. The van der Waals surface area contributed by atoms with Gasteiger partial charge in [-0.05, 0) is 38.0 Å². The van der Waals surface area contributed by atoms with Gasteiger partial charge in [-0.2, -0.15) is 15.8 Å².